The van der Waals surface area contributed by atoms with Crippen LogP contribution in [-0.4, -0.2) is 67.6 Å². The van der Waals surface area contributed by atoms with E-state index in [9.17, 15) is 14.4 Å². The Morgan fingerprint density at radius 3 is 2.00 bits per heavy atom. The van der Waals surface area contributed by atoms with E-state index < -0.39 is 6.16 Å². The van der Waals surface area contributed by atoms with E-state index in [4.69, 9.17) is 14.6 Å². The van der Waals surface area contributed by atoms with Crippen LogP contribution < -0.4 is 0 Å². The molecule has 0 spiro atoms. The number of rotatable bonds is 9. The highest BCUT2D eigenvalue weighted by atomic mass is 16.7. The number of carboxylic acid groups (broad SMARTS) is 1. The Morgan fingerprint density at radius 1 is 0.913 bits per heavy atom. The Hall–Kier alpha value is -2.45. The summed E-state index contributed by atoms with van der Waals surface area (Å²) in [5, 5.41) is 8.24. The lowest BCUT2D eigenvalue weighted by molar-refractivity contribution is 0.0149. The molecular weight excluding hydrogens is 306 g/mol. The molecule has 2 amide bonds. The number of imide groups is 1. The zero-order chi connectivity index (χ0) is 16.7. The molecular formula is C15H17NO7. The molecule has 1 aliphatic heterocycles. The van der Waals surface area contributed by atoms with E-state index in [1.807, 2.05) is 0 Å². The number of ether oxygens (including phenoxy) is 3. The molecule has 0 atom stereocenters. The first kappa shape index (κ1) is 16.9. The summed E-state index contributed by atoms with van der Waals surface area (Å²) in [6, 6.07) is 6.69. The molecule has 0 saturated heterocycles. The third kappa shape index (κ3) is 4.51. The maximum Gasteiger partial charge on any atom is 0.505 e. The number of benzene rings is 1. The summed E-state index contributed by atoms with van der Waals surface area (Å²) in [6.07, 6.45) is -1.34. The van der Waals surface area contributed by atoms with Gasteiger partial charge in [-0.15, -0.1) is 0 Å². The first-order chi connectivity index (χ1) is 11.1. The minimum atomic E-state index is -1.34. The fourth-order valence-corrected chi connectivity index (χ4v) is 2.11. The van der Waals surface area contributed by atoms with Crippen molar-refractivity contribution < 1.29 is 33.7 Å². The maximum absolute atomic E-state index is 12.1. The average Bonchev–Trinajstić information content (AvgIpc) is 2.78. The van der Waals surface area contributed by atoms with Crippen LogP contribution in [0, 0.1) is 0 Å². The number of carbonyl (C=O) groups is 3. The van der Waals surface area contributed by atoms with Crippen LogP contribution in [-0.2, 0) is 14.2 Å². The van der Waals surface area contributed by atoms with Gasteiger partial charge in [0.05, 0.1) is 44.1 Å². The zero-order valence-electron chi connectivity index (χ0n) is 12.4. The number of hydrogen-bond acceptors (Lipinski definition) is 6. The van der Waals surface area contributed by atoms with E-state index in [2.05, 4.69) is 4.74 Å². The van der Waals surface area contributed by atoms with Crippen LogP contribution in [0.3, 0.4) is 0 Å². The summed E-state index contributed by atoms with van der Waals surface area (Å²) in [5.74, 6) is -0.618. The van der Waals surface area contributed by atoms with E-state index >= 15 is 0 Å². The van der Waals surface area contributed by atoms with Crippen LogP contribution >= 0.6 is 0 Å². The molecule has 0 fully saturated rings. The van der Waals surface area contributed by atoms with Crippen molar-refractivity contribution in [3.63, 3.8) is 0 Å². The molecule has 1 aliphatic rings. The van der Waals surface area contributed by atoms with E-state index in [1.165, 1.54) is 0 Å². The molecule has 23 heavy (non-hydrogen) atoms. The van der Waals surface area contributed by atoms with Crippen LogP contribution in [0.5, 0.6) is 0 Å². The van der Waals surface area contributed by atoms with Gasteiger partial charge in [-0.3, -0.25) is 14.5 Å². The number of carbonyl (C=O) groups excluding carboxylic acids is 2. The van der Waals surface area contributed by atoms with Crippen LogP contribution in [0.4, 0.5) is 4.79 Å². The molecule has 0 radical (unpaired) electrons. The Morgan fingerprint density at radius 2 is 1.43 bits per heavy atom. The van der Waals surface area contributed by atoms with Gasteiger partial charge in [0.15, 0.2) is 0 Å². The lowest BCUT2D eigenvalue weighted by Gasteiger charge is -2.13. The first-order valence-electron chi connectivity index (χ1n) is 7.07. The molecule has 8 nitrogen and oxygen atoms in total. The Balaban J connectivity index is 1.60. The van der Waals surface area contributed by atoms with Crippen LogP contribution in [0.15, 0.2) is 24.3 Å². The van der Waals surface area contributed by atoms with Gasteiger partial charge in [-0.2, -0.15) is 0 Å². The Labute approximate surface area is 132 Å². The van der Waals surface area contributed by atoms with Crippen LogP contribution in [0.2, 0.25) is 0 Å². The van der Waals surface area contributed by atoms with Crippen molar-refractivity contribution in [3.05, 3.63) is 35.4 Å². The quantitative estimate of drug-likeness (QED) is 0.411. The maximum atomic E-state index is 12.1. The summed E-state index contributed by atoms with van der Waals surface area (Å²) < 4.78 is 14.6. The minimum absolute atomic E-state index is 0.0373. The van der Waals surface area contributed by atoms with Crippen molar-refractivity contribution in [1.29, 1.82) is 0 Å². The predicted molar refractivity (Wildman–Crippen MR) is 77.4 cm³/mol. The summed E-state index contributed by atoms with van der Waals surface area (Å²) in [7, 11) is 0. The van der Waals surface area contributed by atoms with Crippen molar-refractivity contribution in [1.82, 2.24) is 4.90 Å². The van der Waals surface area contributed by atoms with Gasteiger partial charge >= 0.3 is 6.16 Å². The normalized spacial score (nSPS) is 13.3. The standard InChI is InChI=1S/C15H17NO7/c17-13-11-3-1-2-4-12(11)14(18)16(13)5-6-21-7-8-22-9-10-23-15(19)20/h1-4H,5-10H2,(H,19,20). The predicted octanol–water partition coefficient (Wildman–Crippen LogP) is 1.01. The molecule has 0 aliphatic carbocycles. The van der Waals surface area contributed by atoms with Crippen molar-refractivity contribution >= 4 is 18.0 Å². The summed E-state index contributed by atoms with van der Waals surface area (Å²) in [6.45, 7) is 1.04. The van der Waals surface area contributed by atoms with Crippen LogP contribution in [0.1, 0.15) is 20.7 Å². The van der Waals surface area contributed by atoms with Gasteiger partial charge in [0.2, 0.25) is 0 Å². The molecule has 0 aromatic heterocycles. The van der Waals surface area contributed by atoms with E-state index in [1.54, 1.807) is 24.3 Å². The lowest BCUT2D eigenvalue weighted by Crippen LogP contribution is -2.33. The van der Waals surface area contributed by atoms with E-state index in [-0.39, 0.29) is 51.4 Å². The molecule has 1 aromatic carbocycles. The molecule has 0 unspecified atom stereocenters. The van der Waals surface area contributed by atoms with Gasteiger partial charge in [0.25, 0.3) is 11.8 Å². The first-order valence-corrected chi connectivity index (χ1v) is 7.07. The fraction of sp³-hybridized carbons (Fsp3) is 0.400. The molecule has 1 N–H and O–H groups in total. The van der Waals surface area contributed by atoms with E-state index in [0.29, 0.717) is 11.1 Å². The van der Waals surface area contributed by atoms with Gasteiger partial charge < -0.3 is 19.3 Å². The third-order valence-electron chi connectivity index (χ3n) is 3.16. The Kier molecular flexibility index (Phi) is 6.07. The highest BCUT2D eigenvalue weighted by Crippen LogP contribution is 2.21. The summed E-state index contributed by atoms with van der Waals surface area (Å²) >= 11 is 0. The SMILES string of the molecule is O=C(O)OCCOCCOCCN1C(=O)c2ccccc2C1=O. The Bertz CT molecular complexity index is 552. The smallest absolute Gasteiger partial charge is 0.450 e. The summed E-state index contributed by atoms with van der Waals surface area (Å²) in [4.78, 5) is 35.4. The second-order valence-electron chi connectivity index (χ2n) is 4.65. The molecule has 2 rings (SSSR count). The van der Waals surface area contributed by atoms with Crippen LogP contribution in [0.25, 0.3) is 0 Å². The zero-order valence-corrected chi connectivity index (χ0v) is 12.4. The number of fused-ring (bicyclic) bond motifs is 1. The highest BCUT2D eigenvalue weighted by molar-refractivity contribution is 6.21. The minimum Gasteiger partial charge on any atom is -0.450 e. The largest absolute Gasteiger partial charge is 0.505 e. The third-order valence-corrected chi connectivity index (χ3v) is 3.16. The molecule has 124 valence electrons. The molecule has 8 heteroatoms. The molecule has 0 saturated carbocycles. The number of nitrogens with zero attached hydrogens (tertiary/aromatic N) is 1. The second kappa shape index (κ2) is 8.25. The lowest BCUT2D eigenvalue weighted by atomic mass is 10.1. The van der Waals surface area contributed by atoms with Crippen molar-refractivity contribution in [2.45, 2.75) is 0 Å². The highest BCUT2D eigenvalue weighted by Gasteiger charge is 2.34. The van der Waals surface area contributed by atoms with Gasteiger partial charge in [0, 0.05) is 0 Å². The number of amides is 2. The fourth-order valence-electron chi connectivity index (χ4n) is 2.11. The van der Waals surface area contributed by atoms with Gasteiger partial charge in [-0.1, -0.05) is 12.1 Å². The second-order valence-corrected chi connectivity index (χ2v) is 4.65. The van der Waals surface area contributed by atoms with Crippen molar-refractivity contribution in [2.24, 2.45) is 0 Å². The topological polar surface area (TPSA) is 102 Å². The average molecular weight is 323 g/mol. The molecule has 1 aromatic rings. The van der Waals surface area contributed by atoms with Crippen molar-refractivity contribution in [3.8, 4) is 0 Å². The monoisotopic (exact) mass is 323 g/mol. The van der Waals surface area contributed by atoms with Gasteiger partial charge in [-0.25, -0.2) is 4.79 Å². The van der Waals surface area contributed by atoms with Gasteiger partial charge in [-0.05, 0) is 12.1 Å². The van der Waals surface area contributed by atoms with Gasteiger partial charge in [0.1, 0.15) is 6.61 Å². The molecule has 1 heterocycles. The summed E-state index contributed by atoms with van der Waals surface area (Å²) in [5.41, 5.74) is 0.832. The number of hydrogen-bond donors (Lipinski definition) is 1. The van der Waals surface area contributed by atoms with E-state index in [0.717, 1.165) is 4.90 Å². The molecule has 0 bridgehead atoms. The van der Waals surface area contributed by atoms with Crippen molar-refractivity contribution in [2.75, 3.05) is 39.6 Å².